The molecule has 146 valence electrons. The predicted octanol–water partition coefficient (Wildman–Crippen LogP) is 4.09. The molecule has 3 rings (SSSR count). The highest BCUT2D eigenvalue weighted by Gasteiger charge is 2.25. The summed E-state index contributed by atoms with van der Waals surface area (Å²) in [6.07, 6.45) is 2.48. The minimum Gasteiger partial charge on any atom is -0.352 e. The first-order valence-electron chi connectivity index (χ1n) is 8.33. The van der Waals surface area contributed by atoms with E-state index in [0.717, 1.165) is 18.5 Å². The number of anilines is 1. The van der Waals surface area contributed by atoms with E-state index in [1.807, 2.05) is 11.0 Å². The summed E-state index contributed by atoms with van der Waals surface area (Å²) in [4.78, 5) is 10.3. The molecule has 0 radical (unpaired) electrons. The van der Waals surface area contributed by atoms with Gasteiger partial charge in [0.25, 0.3) is 0 Å². The van der Waals surface area contributed by atoms with Gasteiger partial charge < -0.3 is 15.5 Å². The van der Waals surface area contributed by atoms with Gasteiger partial charge in [-0.15, -0.1) is 24.0 Å². The highest BCUT2D eigenvalue weighted by Crippen LogP contribution is 2.22. The Morgan fingerprint density at radius 1 is 1.37 bits per heavy atom. The number of pyridine rings is 1. The molecule has 0 amide bonds. The Morgan fingerprint density at radius 2 is 2.19 bits per heavy atom. The van der Waals surface area contributed by atoms with Crippen LogP contribution in [0.4, 0.5) is 10.2 Å². The van der Waals surface area contributed by atoms with Crippen LogP contribution < -0.4 is 15.5 Å². The van der Waals surface area contributed by atoms with Crippen molar-refractivity contribution in [2.75, 3.05) is 25.0 Å². The molecule has 0 bridgehead atoms. The SMILES string of the molecule is CN=C(NCc1ccc(Cl)cc1Cl)NC1CCN(c2ncccc2F)C1.I. The molecule has 5 nitrogen and oxygen atoms in total. The van der Waals surface area contributed by atoms with Crippen molar-refractivity contribution < 1.29 is 4.39 Å². The van der Waals surface area contributed by atoms with Crippen molar-refractivity contribution in [3.05, 3.63) is 58.0 Å². The van der Waals surface area contributed by atoms with Gasteiger partial charge in [-0.25, -0.2) is 9.37 Å². The minimum atomic E-state index is -0.298. The Morgan fingerprint density at radius 3 is 2.89 bits per heavy atom. The smallest absolute Gasteiger partial charge is 0.191 e. The second-order valence-electron chi connectivity index (χ2n) is 6.05. The number of aliphatic imine (C=N–C) groups is 1. The number of rotatable bonds is 4. The van der Waals surface area contributed by atoms with E-state index >= 15 is 0 Å². The molecule has 0 saturated carbocycles. The van der Waals surface area contributed by atoms with Crippen molar-refractivity contribution >= 4 is 59.0 Å². The van der Waals surface area contributed by atoms with Crippen molar-refractivity contribution in [1.82, 2.24) is 15.6 Å². The van der Waals surface area contributed by atoms with Crippen LogP contribution in [0, 0.1) is 5.82 Å². The third kappa shape index (κ3) is 5.83. The Hall–Kier alpha value is -1.32. The van der Waals surface area contributed by atoms with Crippen LogP contribution in [0.15, 0.2) is 41.5 Å². The van der Waals surface area contributed by atoms with E-state index < -0.39 is 0 Å². The van der Waals surface area contributed by atoms with Crippen LogP contribution in [0.3, 0.4) is 0 Å². The van der Waals surface area contributed by atoms with Crippen LogP contribution in [-0.4, -0.2) is 37.1 Å². The number of hydrogen-bond donors (Lipinski definition) is 2. The zero-order chi connectivity index (χ0) is 18.5. The van der Waals surface area contributed by atoms with Crippen LogP contribution in [0.25, 0.3) is 0 Å². The molecule has 1 fully saturated rings. The molecule has 0 aliphatic carbocycles. The largest absolute Gasteiger partial charge is 0.352 e. The predicted molar refractivity (Wildman–Crippen MR) is 120 cm³/mol. The lowest BCUT2D eigenvalue weighted by Crippen LogP contribution is -2.44. The number of guanidine groups is 1. The minimum absolute atomic E-state index is 0. The number of aromatic nitrogens is 1. The van der Waals surface area contributed by atoms with E-state index in [4.69, 9.17) is 23.2 Å². The molecule has 27 heavy (non-hydrogen) atoms. The lowest BCUT2D eigenvalue weighted by molar-refractivity contribution is 0.612. The van der Waals surface area contributed by atoms with E-state index in [1.165, 1.54) is 6.07 Å². The van der Waals surface area contributed by atoms with Gasteiger partial charge in [-0.05, 0) is 36.2 Å². The van der Waals surface area contributed by atoms with Gasteiger partial charge in [0.15, 0.2) is 17.6 Å². The zero-order valence-corrected chi connectivity index (χ0v) is 18.6. The van der Waals surface area contributed by atoms with Gasteiger partial charge >= 0.3 is 0 Å². The van der Waals surface area contributed by atoms with Crippen molar-refractivity contribution in [3.8, 4) is 0 Å². The molecule has 1 unspecified atom stereocenters. The van der Waals surface area contributed by atoms with E-state index in [2.05, 4.69) is 20.6 Å². The molecular formula is C18H21Cl2FIN5. The van der Waals surface area contributed by atoms with Gasteiger partial charge in [-0.1, -0.05) is 29.3 Å². The van der Waals surface area contributed by atoms with Crippen LogP contribution in [0.1, 0.15) is 12.0 Å². The summed E-state index contributed by atoms with van der Waals surface area (Å²) in [7, 11) is 1.71. The lowest BCUT2D eigenvalue weighted by Gasteiger charge is -2.20. The lowest BCUT2D eigenvalue weighted by atomic mass is 10.2. The van der Waals surface area contributed by atoms with Crippen LogP contribution in [-0.2, 0) is 6.54 Å². The first-order valence-corrected chi connectivity index (χ1v) is 9.09. The van der Waals surface area contributed by atoms with Crippen LogP contribution in [0.5, 0.6) is 0 Å². The number of nitrogens with one attached hydrogen (secondary N) is 2. The Kier molecular flexibility index (Phi) is 8.37. The van der Waals surface area contributed by atoms with E-state index in [1.54, 1.807) is 31.4 Å². The Bertz CT molecular complexity index is 805. The number of halogens is 4. The average molecular weight is 524 g/mol. The first kappa shape index (κ1) is 22.0. The van der Waals surface area contributed by atoms with Gasteiger partial charge in [-0.3, -0.25) is 4.99 Å². The molecule has 1 aliphatic heterocycles. The summed E-state index contributed by atoms with van der Waals surface area (Å²) < 4.78 is 13.9. The third-order valence-corrected chi connectivity index (χ3v) is 4.84. The van der Waals surface area contributed by atoms with Gasteiger partial charge in [0.2, 0.25) is 0 Å². The number of nitrogens with zero attached hydrogens (tertiary/aromatic N) is 3. The first-order chi connectivity index (χ1) is 12.6. The topological polar surface area (TPSA) is 52.6 Å². The number of benzene rings is 1. The second kappa shape index (κ2) is 10.3. The quantitative estimate of drug-likeness (QED) is 0.360. The monoisotopic (exact) mass is 523 g/mol. The molecule has 2 aromatic rings. The van der Waals surface area contributed by atoms with Crippen molar-refractivity contribution in [2.45, 2.75) is 19.0 Å². The Labute approximate surface area is 185 Å². The maximum atomic E-state index is 13.9. The van der Waals surface area contributed by atoms with Crippen molar-refractivity contribution in [2.24, 2.45) is 4.99 Å². The molecule has 1 aromatic carbocycles. The molecule has 1 saturated heterocycles. The second-order valence-corrected chi connectivity index (χ2v) is 6.89. The molecule has 1 aliphatic rings. The molecule has 2 N–H and O–H groups in total. The normalized spacial score (nSPS) is 16.8. The fourth-order valence-corrected chi connectivity index (χ4v) is 3.39. The van der Waals surface area contributed by atoms with Crippen molar-refractivity contribution in [1.29, 1.82) is 0 Å². The van der Waals surface area contributed by atoms with Gasteiger partial charge in [0.1, 0.15) is 0 Å². The fourth-order valence-electron chi connectivity index (χ4n) is 2.91. The summed E-state index contributed by atoms with van der Waals surface area (Å²) in [6.45, 7) is 1.93. The molecule has 1 aromatic heterocycles. The maximum absolute atomic E-state index is 13.9. The van der Waals surface area contributed by atoms with Crippen molar-refractivity contribution in [3.63, 3.8) is 0 Å². The van der Waals surface area contributed by atoms with E-state index in [9.17, 15) is 4.39 Å². The van der Waals surface area contributed by atoms with Gasteiger partial charge in [0, 0.05) is 49.0 Å². The third-order valence-electron chi connectivity index (χ3n) is 4.25. The van der Waals surface area contributed by atoms with Crippen LogP contribution >= 0.6 is 47.2 Å². The van der Waals surface area contributed by atoms with Crippen LogP contribution in [0.2, 0.25) is 10.0 Å². The summed E-state index contributed by atoms with van der Waals surface area (Å²) in [5.41, 5.74) is 0.933. The summed E-state index contributed by atoms with van der Waals surface area (Å²) in [5, 5.41) is 7.82. The molecule has 1 atom stereocenters. The molecular weight excluding hydrogens is 503 g/mol. The summed E-state index contributed by atoms with van der Waals surface area (Å²) in [5.74, 6) is 0.769. The maximum Gasteiger partial charge on any atom is 0.191 e. The van der Waals surface area contributed by atoms with E-state index in [0.29, 0.717) is 34.9 Å². The summed E-state index contributed by atoms with van der Waals surface area (Å²) in [6, 6.07) is 8.58. The standard InChI is InChI=1S/C18H20Cl2FN5.HI/c1-22-18(24-10-12-4-5-13(19)9-15(12)20)25-14-6-8-26(11-14)17-16(21)3-2-7-23-17;/h2-5,7,9,14H,6,8,10-11H2,1H3,(H2,22,24,25);1H. The molecule has 0 spiro atoms. The number of hydrogen-bond acceptors (Lipinski definition) is 3. The molecule has 9 heteroatoms. The average Bonchev–Trinajstić information content (AvgIpc) is 3.08. The zero-order valence-electron chi connectivity index (χ0n) is 14.8. The Balaban J connectivity index is 0.00000261. The van der Waals surface area contributed by atoms with Gasteiger partial charge in [-0.2, -0.15) is 0 Å². The van der Waals surface area contributed by atoms with Gasteiger partial charge in [0.05, 0.1) is 0 Å². The van der Waals surface area contributed by atoms with E-state index in [-0.39, 0.29) is 35.8 Å². The molecule has 2 heterocycles. The fraction of sp³-hybridized carbons (Fsp3) is 0.333. The highest BCUT2D eigenvalue weighted by atomic mass is 127. The highest BCUT2D eigenvalue weighted by molar-refractivity contribution is 14.0. The summed E-state index contributed by atoms with van der Waals surface area (Å²) >= 11 is 12.1.